The van der Waals surface area contributed by atoms with Gasteiger partial charge < -0.3 is 5.32 Å². The maximum absolute atomic E-state index is 12.8. The summed E-state index contributed by atoms with van der Waals surface area (Å²) in [5, 5.41) is 3.53. The van der Waals surface area contributed by atoms with Crippen molar-refractivity contribution in [1.29, 1.82) is 0 Å². The van der Waals surface area contributed by atoms with Crippen LogP contribution in [0.4, 0.5) is 0 Å². The van der Waals surface area contributed by atoms with Crippen molar-refractivity contribution in [3.05, 3.63) is 70.7 Å². The Bertz CT molecular complexity index is 918. The van der Waals surface area contributed by atoms with Crippen molar-refractivity contribution < 1.29 is 13.2 Å². The van der Waals surface area contributed by atoms with E-state index < -0.39 is 10.0 Å². The van der Waals surface area contributed by atoms with Gasteiger partial charge in [-0.2, -0.15) is 0 Å². The highest BCUT2D eigenvalue weighted by Crippen LogP contribution is 2.23. The summed E-state index contributed by atoms with van der Waals surface area (Å²) in [5.74, 6) is -0.546. The first-order chi connectivity index (χ1) is 13.3. The van der Waals surface area contributed by atoms with Crippen LogP contribution in [0.2, 0.25) is 5.02 Å². The largest absolute Gasteiger partial charge is 0.349 e. The second kappa shape index (κ2) is 9.07. The van der Waals surface area contributed by atoms with Gasteiger partial charge in [-0.15, -0.1) is 0 Å². The molecule has 0 radical (unpaired) electrons. The van der Waals surface area contributed by atoms with Crippen LogP contribution in [0.5, 0.6) is 0 Å². The lowest BCUT2D eigenvalue weighted by Gasteiger charge is -2.32. The molecular formula is C21H25ClN2O3S. The number of amides is 1. The van der Waals surface area contributed by atoms with Gasteiger partial charge in [0.05, 0.1) is 17.7 Å². The highest BCUT2D eigenvalue weighted by atomic mass is 35.5. The Labute approximate surface area is 171 Å². The molecule has 0 spiro atoms. The minimum absolute atomic E-state index is 0.0981. The Hall–Kier alpha value is -1.89. The molecule has 0 bridgehead atoms. The summed E-state index contributed by atoms with van der Waals surface area (Å²) >= 11 is 5.96. The van der Waals surface area contributed by atoms with Crippen molar-refractivity contribution >= 4 is 27.5 Å². The fourth-order valence-corrected chi connectivity index (χ4v) is 5.30. The summed E-state index contributed by atoms with van der Waals surface area (Å²) in [6.07, 6.45) is 1.36. The van der Waals surface area contributed by atoms with Crippen molar-refractivity contribution in [3.63, 3.8) is 0 Å². The first-order valence-corrected chi connectivity index (χ1v) is 11.4. The Kier molecular flexibility index (Phi) is 6.75. The average Bonchev–Trinajstić information content (AvgIpc) is 2.68. The number of rotatable bonds is 6. The highest BCUT2D eigenvalue weighted by Gasteiger charge is 2.32. The minimum atomic E-state index is -3.51. The summed E-state index contributed by atoms with van der Waals surface area (Å²) in [4.78, 5) is 12.7. The predicted molar refractivity (Wildman–Crippen MR) is 111 cm³/mol. The third-order valence-corrected chi connectivity index (χ3v) is 7.10. The van der Waals surface area contributed by atoms with Crippen LogP contribution in [0.1, 0.15) is 36.9 Å². The van der Waals surface area contributed by atoms with Crippen LogP contribution in [0.3, 0.4) is 0 Å². The molecule has 7 heteroatoms. The molecule has 2 aromatic carbocycles. The van der Waals surface area contributed by atoms with Crippen molar-refractivity contribution in [2.75, 3.05) is 13.1 Å². The molecule has 1 N–H and O–H groups in total. The molecule has 0 unspecified atom stereocenters. The van der Waals surface area contributed by atoms with Crippen molar-refractivity contribution in [1.82, 2.24) is 9.62 Å². The molecule has 0 saturated carbocycles. The SMILES string of the molecule is C[C@H](NC(=O)[C@@H]1CCCN(S(=O)(=O)Cc2cccc(Cl)c2)C1)c1ccccc1. The van der Waals surface area contributed by atoms with Crippen LogP contribution >= 0.6 is 11.6 Å². The quantitative estimate of drug-likeness (QED) is 0.773. The van der Waals surface area contributed by atoms with Gasteiger partial charge in [-0.3, -0.25) is 4.79 Å². The summed E-state index contributed by atoms with van der Waals surface area (Å²) in [6, 6.07) is 16.5. The number of benzene rings is 2. The maximum Gasteiger partial charge on any atom is 0.224 e. The normalized spacial score (nSPS) is 19.1. The summed E-state index contributed by atoms with van der Waals surface area (Å²) in [6.45, 7) is 2.60. The lowest BCUT2D eigenvalue weighted by atomic mass is 9.98. The monoisotopic (exact) mass is 420 g/mol. The van der Waals surface area contributed by atoms with E-state index in [2.05, 4.69) is 5.32 Å². The topological polar surface area (TPSA) is 66.5 Å². The number of sulfonamides is 1. The number of hydrogen-bond donors (Lipinski definition) is 1. The zero-order chi connectivity index (χ0) is 20.1. The molecule has 5 nitrogen and oxygen atoms in total. The van der Waals surface area contributed by atoms with Gasteiger partial charge in [0.15, 0.2) is 0 Å². The summed E-state index contributed by atoms with van der Waals surface area (Å²) in [7, 11) is -3.51. The van der Waals surface area contributed by atoms with E-state index in [1.807, 2.05) is 37.3 Å². The molecule has 1 saturated heterocycles. The fraction of sp³-hybridized carbons (Fsp3) is 0.381. The van der Waals surface area contributed by atoms with Gasteiger partial charge in [0.1, 0.15) is 0 Å². The number of nitrogens with one attached hydrogen (secondary N) is 1. The van der Waals surface area contributed by atoms with Crippen molar-refractivity contribution in [3.8, 4) is 0 Å². The van der Waals surface area contributed by atoms with E-state index in [1.54, 1.807) is 24.3 Å². The van der Waals surface area contributed by atoms with Gasteiger partial charge in [0.25, 0.3) is 0 Å². The third-order valence-electron chi connectivity index (χ3n) is 5.04. The average molecular weight is 421 g/mol. The molecule has 0 aromatic heterocycles. The summed E-state index contributed by atoms with van der Waals surface area (Å²) < 4.78 is 27.1. The lowest BCUT2D eigenvalue weighted by Crippen LogP contribution is -2.46. The highest BCUT2D eigenvalue weighted by molar-refractivity contribution is 7.88. The Morgan fingerprint density at radius 2 is 1.96 bits per heavy atom. The van der Waals surface area contributed by atoms with Crippen molar-refractivity contribution in [2.24, 2.45) is 5.92 Å². The smallest absolute Gasteiger partial charge is 0.224 e. The zero-order valence-electron chi connectivity index (χ0n) is 15.8. The molecule has 150 valence electrons. The summed E-state index contributed by atoms with van der Waals surface area (Å²) in [5.41, 5.74) is 1.67. The first-order valence-electron chi connectivity index (χ1n) is 9.43. The fourth-order valence-electron chi connectivity index (χ4n) is 3.49. The maximum atomic E-state index is 12.8. The van der Waals surface area contributed by atoms with E-state index in [0.717, 1.165) is 5.56 Å². The molecule has 1 aliphatic heterocycles. The Morgan fingerprint density at radius 1 is 1.21 bits per heavy atom. The standard InChI is InChI=1S/C21H25ClN2O3S/c1-16(18-8-3-2-4-9-18)23-21(25)19-10-6-12-24(14-19)28(26,27)15-17-7-5-11-20(22)13-17/h2-5,7-9,11,13,16,19H,6,10,12,14-15H2,1H3,(H,23,25)/t16-,19+/m0/s1. The molecule has 1 fully saturated rings. The Balaban J connectivity index is 1.63. The van der Waals surface area contributed by atoms with E-state index >= 15 is 0 Å². The number of halogens is 1. The van der Waals surface area contributed by atoms with Crippen LogP contribution in [-0.2, 0) is 20.6 Å². The van der Waals surface area contributed by atoms with Crippen molar-refractivity contribution in [2.45, 2.75) is 31.6 Å². The van der Waals surface area contributed by atoms with Crippen LogP contribution in [0, 0.1) is 5.92 Å². The minimum Gasteiger partial charge on any atom is -0.349 e. The first kappa shape index (κ1) is 20.8. The second-order valence-electron chi connectivity index (χ2n) is 7.22. The van der Waals surface area contributed by atoms with Gasteiger partial charge >= 0.3 is 0 Å². The zero-order valence-corrected chi connectivity index (χ0v) is 17.4. The van der Waals surface area contributed by atoms with Crippen LogP contribution in [0.25, 0.3) is 0 Å². The molecule has 1 aliphatic rings. The van der Waals surface area contributed by atoms with Crippen LogP contribution in [-0.4, -0.2) is 31.7 Å². The van der Waals surface area contributed by atoms with Gasteiger partial charge in [-0.05, 0) is 43.0 Å². The molecular weight excluding hydrogens is 396 g/mol. The molecule has 2 aromatic rings. The molecule has 1 amide bonds. The van der Waals surface area contributed by atoms with E-state index in [1.165, 1.54) is 4.31 Å². The third kappa shape index (κ3) is 5.34. The molecule has 3 rings (SSSR count). The van der Waals surface area contributed by atoms with Crippen LogP contribution in [0.15, 0.2) is 54.6 Å². The molecule has 2 atom stereocenters. The van der Waals surface area contributed by atoms with E-state index in [4.69, 9.17) is 11.6 Å². The van der Waals surface area contributed by atoms with Gasteiger partial charge in [-0.1, -0.05) is 54.1 Å². The van der Waals surface area contributed by atoms with Crippen LogP contribution < -0.4 is 5.32 Å². The second-order valence-corrected chi connectivity index (χ2v) is 9.63. The van der Waals surface area contributed by atoms with Gasteiger partial charge in [0, 0.05) is 18.1 Å². The number of carbonyl (C=O) groups is 1. The lowest BCUT2D eigenvalue weighted by molar-refractivity contribution is -0.126. The van der Waals surface area contributed by atoms with E-state index in [-0.39, 0.29) is 30.2 Å². The number of carbonyl (C=O) groups excluding carboxylic acids is 1. The van der Waals surface area contributed by atoms with E-state index in [0.29, 0.717) is 30.0 Å². The molecule has 1 heterocycles. The number of piperidine rings is 1. The Morgan fingerprint density at radius 3 is 2.68 bits per heavy atom. The predicted octanol–water partition coefficient (Wildman–Crippen LogP) is 3.76. The molecule has 0 aliphatic carbocycles. The number of nitrogens with zero attached hydrogens (tertiary/aromatic N) is 1. The van der Waals surface area contributed by atoms with Gasteiger partial charge in [0.2, 0.25) is 15.9 Å². The van der Waals surface area contributed by atoms with E-state index in [9.17, 15) is 13.2 Å². The molecule has 28 heavy (non-hydrogen) atoms. The van der Waals surface area contributed by atoms with Gasteiger partial charge in [-0.25, -0.2) is 12.7 Å². The number of hydrogen-bond acceptors (Lipinski definition) is 3.